The SMILES string of the molecule is CC(=O)N1N=C(c2cc3ccccc3nc2Cl)O[C@@H]1c1ccc([N+](=O)[O-])cc1. The molecule has 1 aromatic heterocycles. The molecule has 28 heavy (non-hydrogen) atoms. The van der Waals surface area contributed by atoms with E-state index in [4.69, 9.17) is 16.3 Å². The van der Waals surface area contributed by atoms with E-state index in [2.05, 4.69) is 10.1 Å². The second-order valence-electron chi connectivity index (χ2n) is 6.11. The number of aromatic nitrogens is 1. The summed E-state index contributed by atoms with van der Waals surface area (Å²) in [6, 6.07) is 15.0. The monoisotopic (exact) mass is 396 g/mol. The van der Waals surface area contributed by atoms with Gasteiger partial charge in [-0.2, -0.15) is 5.01 Å². The standard InChI is InChI=1S/C19H13ClN4O4/c1-11(25)23-19(12-6-8-14(9-7-12)24(26)27)28-18(22-23)15-10-13-4-2-3-5-16(13)21-17(15)20/h2-10,19H,1H3/t19-/m1/s1. The number of hydrazone groups is 1. The number of nitro benzene ring substituents is 1. The lowest BCUT2D eigenvalue weighted by Crippen LogP contribution is -2.25. The zero-order valence-corrected chi connectivity index (χ0v) is 15.3. The summed E-state index contributed by atoms with van der Waals surface area (Å²) < 4.78 is 5.90. The van der Waals surface area contributed by atoms with Crippen LogP contribution in [0.15, 0.2) is 59.7 Å². The molecule has 0 spiro atoms. The largest absolute Gasteiger partial charge is 0.446 e. The number of carbonyl (C=O) groups is 1. The number of benzene rings is 2. The van der Waals surface area contributed by atoms with Crippen molar-refractivity contribution >= 4 is 40.0 Å². The molecule has 0 saturated heterocycles. The number of nitro groups is 1. The summed E-state index contributed by atoms with van der Waals surface area (Å²) >= 11 is 6.31. The number of non-ortho nitro benzene ring substituents is 1. The smallest absolute Gasteiger partial charge is 0.269 e. The fourth-order valence-electron chi connectivity index (χ4n) is 2.89. The van der Waals surface area contributed by atoms with Gasteiger partial charge in [0.15, 0.2) is 0 Å². The van der Waals surface area contributed by atoms with Crippen molar-refractivity contribution in [1.29, 1.82) is 0 Å². The van der Waals surface area contributed by atoms with Crippen LogP contribution in [0.5, 0.6) is 0 Å². The van der Waals surface area contributed by atoms with E-state index in [1.165, 1.54) is 36.2 Å². The molecule has 3 aromatic rings. The summed E-state index contributed by atoms with van der Waals surface area (Å²) in [4.78, 5) is 26.8. The number of carbonyl (C=O) groups excluding carboxylic acids is 1. The highest BCUT2D eigenvalue weighted by molar-refractivity contribution is 6.33. The van der Waals surface area contributed by atoms with E-state index >= 15 is 0 Å². The van der Waals surface area contributed by atoms with Gasteiger partial charge < -0.3 is 4.74 Å². The van der Waals surface area contributed by atoms with Crippen molar-refractivity contribution in [3.05, 3.63) is 81.0 Å². The fraction of sp³-hybridized carbons (Fsp3) is 0.105. The lowest BCUT2D eigenvalue weighted by molar-refractivity contribution is -0.384. The number of hydrogen-bond acceptors (Lipinski definition) is 6. The maximum Gasteiger partial charge on any atom is 0.269 e. The van der Waals surface area contributed by atoms with Crippen LogP contribution in [-0.2, 0) is 9.53 Å². The van der Waals surface area contributed by atoms with Gasteiger partial charge in [0.25, 0.3) is 5.69 Å². The molecule has 0 saturated carbocycles. The molecule has 4 rings (SSSR count). The molecule has 1 amide bonds. The quantitative estimate of drug-likeness (QED) is 0.378. The summed E-state index contributed by atoms with van der Waals surface area (Å²) in [6.07, 6.45) is -0.851. The first-order valence-electron chi connectivity index (χ1n) is 8.29. The van der Waals surface area contributed by atoms with Crippen LogP contribution >= 0.6 is 11.6 Å². The van der Waals surface area contributed by atoms with Gasteiger partial charge >= 0.3 is 0 Å². The van der Waals surface area contributed by atoms with E-state index in [-0.39, 0.29) is 22.6 Å². The van der Waals surface area contributed by atoms with Crippen molar-refractivity contribution in [3.8, 4) is 0 Å². The average molecular weight is 397 g/mol. The molecule has 0 N–H and O–H groups in total. The Labute approximate surface area is 164 Å². The molecule has 9 heteroatoms. The normalized spacial score (nSPS) is 16.0. The predicted molar refractivity (Wildman–Crippen MR) is 103 cm³/mol. The molecule has 2 aromatic carbocycles. The third-order valence-electron chi connectivity index (χ3n) is 4.26. The van der Waals surface area contributed by atoms with Gasteiger partial charge in [-0.3, -0.25) is 14.9 Å². The Morgan fingerprint density at radius 3 is 2.61 bits per heavy atom. The first-order chi connectivity index (χ1) is 13.4. The molecular weight excluding hydrogens is 384 g/mol. The molecule has 1 aliphatic rings. The number of pyridine rings is 1. The first-order valence-corrected chi connectivity index (χ1v) is 8.67. The molecule has 0 aliphatic carbocycles. The molecular formula is C19H13ClN4O4. The lowest BCUT2D eigenvalue weighted by atomic mass is 10.1. The Hall–Kier alpha value is -3.52. The van der Waals surface area contributed by atoms with Crippen LogP contribution in [0.4, 0.5) is 5.69 Å². The summed E-state index contributed by atoms with van der Waals surface area (Å²) in [5.41, 5.74) is 1.67. The summed E-state index contributed by atoms with van der Waals surface area (Å²) in [6.45, 7) is 1.36. The van der Waals surface area contributed by atoms with Crippen LogP contribution < -0.4 is 0 Å². The number of ether oxygens (including phenoxy) is 1. The molecule has 2 heterocycles. The van der Waals surface area contributed by atoms with Crippen molar-refractivity contribution in [1.82, 2.24) is 9.99 Å². The second kappa shape index (κ2) is 6.90. The Morgan fingerprint density at radius 1 is 1.21 bits per heavy atom. The number of para-hydroxylation sites is 1. The van der Waals surface area contributed by atoms with Gasteiger partial charge in [0.05, 0.1) is 16.0 Å². The molecule has 140 valence electrons. The third kappa shape index (κ3) is 3.14. The number of nitrogens with zero attached hydrogens (tertiary/aromatic N) is 4. The van der Waals surface area contributed by atoms with Crippen LogP contribution in [0, 0.1) is 10.1 Å². The fourth-order valence-corrected chi connectivity index (χ4v) is 3.12. The lowest BCUT2D eigenvalue weighted by Gasteiger charge is -2.19. The van der Waals surface area contributed by atoms with E-state index in [1.807, 2.05) is 24.3 Å². The van der Waals surface area contributed by atoms with Crippen LogP contribution in [0.1, 0.15) is 24.3 Å². The maximum absolute atomic E-state index is 12.1. The Kier molecular flexibility index (Phi) is 4.40. The highest BCUT2D eigenvalue weighted by atomic mass is 35.5. The van der Waals surface area contributed by atoms with Gasteiger partial charge in [0.1, 0.15) is 5.15 Å². The molecule has 0 fully saturated rings. The van der Waals surface area contributed by atoms with Gasteiger partial charge in [-0.05, 0) is 24.3 Å². The number of halogens is 1. The second-order valence-corrected chi connectivity index (χ2v) is 6.47. The summed E-state index contributed by atoms with van der Waals surface area (Å²) in [7, 11) is 0. The minimum atomic E-state index is -0.851. The molecule has 8 nitrogen and oxygen atoms in total. The van der Waals surface area contributed by atoms with Gasteiger partial charge in [-0.25, -0.2) is 4.98 Å². The Bertz CT molecular complexity index is 1130. The van der Waals surface area contributed by atoms with Crippen molar-refractivity contribution in [3.63, 3.8) is 0 Å². The minimum absolute atomic E-state index is 0.0564. The molecule has 0 unspecified atom stereocenters. The van der Waals surface area contributed by atoms with E-state index in [9.17, 15) is 14.9 Å². The Morgan fingerprint density at radius 2 is 1.93 bits per heavy atom. The van der Waals surface area contributed by atoms with Crippen LogP contribution in [-0.4, -0.2) is 26.7 Å². The highest BCUT2D eigenvalue weighted by Gasteiger charge is 2.34. The summed E-state index contributed by atoms with van der Waals surface area (Å²) in [5, 5.41) is 17.3. The van der Waals surface area contributed by atoms with Gasteiger partial charge in [0.2, 0.25) is 18.0 Å². The van der Waals surface area contributed by atoms with Gasteiger partial charge in [-0.1, -0.05) is 29.8 Å². The van der Waals surface area contributed by atoms with Gasteiger partial charge in [-0.15, -0.1) is 5.10 Å². The Balaban J connectivity index is 1.72. The zero-order valence-electron chi connectivity index (χ0n) is 14.6. The highest BCUT2D eigenvalue weighted by Crippen LogP contribution is 2.33. The van der Waals surface area contributed by atoms with Gasteiger partial charge in [0, 0.05) is 30.0 Å². The van der Waals surface area contributed by atoms with E-state index < -0.39 is 11.2 Å². The van der Waals surface area contributed by atoms with Crippen molar-refractivity contribution in [2.24, 2.45) is 5.10 Å². The number of fused-ring (bicyclic) bond motifs is 1. The van der Waals surface area contributed by atoms with Crippen molar-refractivity contribution in [2.75, 3.05) is 0 Å². The number of amides is 1. The summed E-state index contributed by atoms with van der Waals surface area (Å²) in [5.74, 6) is -0.190. The maximum atomic E-state index is 12.1. The molecule has 0 bridgehead atoms. The van der Waals surface area contributed by atoms with Crippen LogP contribution in [0.3, 0.4) is 0 Å². The van der Waals surface area contributed by atoms with Crippen molar-refractivity contribution < 1.29 is 14.5 Å². The zero-order chi connectivity index (χ0) is 19.8. The van der Waals surface area contributed by atoms with E-state index in [0.717, 1.165) is 10.9 Å². The molecule has 1 aliphatic heterocycles. The van der Waals surface area contributed by atoms with Crippen molar-refractivity contribution in [2.45, 2.75) is 13.2 Å². The van der Waals surface area contributed by atoms with Crippen LogP contribution in [0.25, 0.3) is 10.9 Å². The third-order valence-corrected chi connectivity index (χ3v) is 4.55. The number of hydrogen-bond donors (Lipinski definition) is 0. The number of rotatable bonds is 3. The molecule has 1 atom stereocenters. The van der Waals surface area contributed by atoms with E-state index in [0.29, 0.717) is 11.1 Å². The topological polar surface area (TPSA) is 97.9 Å². The first kappa shape index (κ1) is 17.9. The van der Waals surface area contributed by atoms with E-state index in [1.54, 1.807) is 6.07 Å². The average Bonchev–Trinajstić information content (AvgIpc) is 3.13. The molecule has 0 radical (unpaired) electrons. The van der Waals surface area contributed by atoms with Crippen LogP contribution in [0.2, 0.25) is 5.15 Å². The minimum Gasteiger partial charge on any atom is -0.446 e. The predicted octanol–water partition coefficient (Wildman–Crippen LogP) is 4.04.